The van der Waals surface area contributed by atoms with Gasteiger partial charge >= 0.3 is 5.97 Å². The first-order chi connectivity index (χ1) is 12.1. The second kappa shape index (κ2) is 10.6. The number of aliphatic imine (C=N–C) groups is 1. The van der Waals surface area contributed by atoms with Gasteiger partial charge in [0.1, 0.15) is 0 Å². The Hall–Kier alpha value is -1.40. The third-order valence-electron chi connectivity index (χ3n) is 4.09. The number of benzene rings is 1. The molecule has 1 aromatic carbocycles. The van der Waals surface area contributed by atoms with Gasteiger partial charge in [0, 0.05) is 42.4 Å². The average Bonchev–Trinajstić information content (AvgIpc) is 2.64. The van der Waals surface area contributed by atoms with E-state index in [4.69, 9.17) is 16.3 Å². The van der Waals surface area contributed by atoms with Gasteiger partial charge in [0.25, 0.3) is 0 Å². The quantitative estimate of drug-likeness (QED) is 0.268. The maximum atomic E-state index is 11.8. The van der Waals surface area contributed by atoms with E-state index in [1.807, 2.05) is 31.2 Å². The zero-order chi connectivity index (χ0) is 18.1. The largest absolute Gasteiger partial charge is 0.466 e. The molecule has 1 aliphatic rings. The fourth-order valence-corrected chi connectivity index (χ4v) is 3.68. The van der Waals surface area contributed by atoms with Gasteiger partial charge in [0.05, 0.1) is 12.5 Å². The summed E-state index contributed by atoms with van der Waals surface area (Å²) in [6.07, 6.45) is 1.64. The molecular formula is C18H26ClN3O2S. The number of hydrogen-bond acceptors (Lipinski definition) is 4. The summed E-state index contributed by atoms with van der Waals surface area (Å²) in [6.45, 7) is 4.78. The number of carbonyl (C=O) groups excluding carboxylic acids is 1. The Kier molecular flexibility index (Phi) is 8.41. The van der Waals surface area contributed by atoms with E-state index in [9.17, 15) is 4.79 Å². The van der Waals surface area contributed by atoms with Gasteiger partial charge in [-0.1, -0.05) is 11.6 Å². The number of thioether (sulfide) groups is 1. The van der Waals surface area contributed by atoms with Crippen molar-refractivity contribution in [3.05, 3.63) is 29.3 Å². The normalized spacial score (nSPS) is 16.0. The smallest absolute Gasteiger partial charge is 0.309 e. The molecule has 7 heteroatoms. The minimum Gasteiger partial charge on any atom is -0.466 e. The highest BCUT2D eigenvalue weighted by Crippen LogP contribution is 2.20. The van der Waals surface area contributed by atoms with Crippen molar-refractivity contribution < 1.29 is 9.53 Å². The van der Waals surface area contributed by atoms with E-state index < -0.39 is 0 Å². The predicted octanol–water partition coefficient (Wildman–Crippen LogP) is 3.28. The predicted molar refractivity (Wildman–Crippen MR) is 104 cm³/mol. The van der Waals surface area contributed by atoms with Crippen LogP contribution in [0, 0.1) is 5.92 Å². The summed E-state index contributed by atoms with van der Waals surface area (Å²) in [5.74, 6) is 1.80. The lowest BCUT2D eigenvalue weighted by molar-refractivity contribution is -0.149. The summed E-state index contributed by atoms with van der Waals surface area (Å²) in [5, 5.41) is 4.16. The Morgan fingerprint density at radius 1 is 1.36 bits per heavy atom. The molecule has 25 heavy (non-hydrogen) atoms. The molecule has 1 aliphatic heterocycles. The molecule has 5 nitrogen and oxygen atoms in total. The fraction of sp³-hybridized carbons (Fsp3) is 0.556. The molecule has 2 rings (SSSR count). The Morgan fingerprint density at radius 2 is 2.04 bits per heavy atom. The van der Waals surface area contributed by atoms with Gasteiger partial charge in [0.15, 0.2) is 5.96 Å². The van der Waals surface area contributed by atoms with E-state index in [1.54, 1.807) is 18.8 Å². The van der Waals surface area contributed by atoms with Gasteiger partial charge in [0.2, 0.25) is 0 Å². The van der Waals surface area contributed by atoms with Crippen molar-refractivity contribution in [1.29, 1.82) is 0 Å². The first-order valence-electron chi connectivity index (χ1n) is 8.64. The third kappa shape index (κ3) is 6.44. The summed E-state index contributed by atoms with van der Waals surface area (Å²) in [5.41, 5.74) is 0. The van der Waals surface area contributed by atoms with E-state index in [1.165, 1.54) is 4.90 Å². The summed E-state index contributed by atoms with van der Waals surface area (Å²) >= 11 is 7.68. The number of halogens is 1. The molecule has 1 N–H and O–H groups in total. The highest BCUT2D eigenvalue weighted by molar-refractivity contribution is 7.99. The number of nitrogens with one attached hydrogen (secondary N) is 1. The summed E-state index contributed by atoms with van der Waals surface area (Å²) in [4.78, 5) is 19.6. The number of likely N-dealkylation sites (tertiary alicyclic amines) is 1. The van der Waals surface area contributed by atoms with Crippen LogP contribution in [-0.2, 0) is 9.53 Å². The van der Waals surface area contributed by atoms with Crippen molar-refractivity contribution >= 4 is 35.3 Å². The molecule has 138 valence electrons. The van der Waals surface area contributed by atoms with Gasteiger partial charge in [-0.05, 0) is 44.0 Å². The molecule has 1 aromatic rings. The molecule has 0 bridgehead atoms. The van der Waals surface area contributed by atoms with Crippen LogP contribution >= 0.6 is 23.4 Å². The highest BCUT2D eigenvalue weighted by atomic mass is 35.5. The molecule has 0 atom stereocenters. The molecule has 0 aliphatic carbocycles. The lowest BCUT2D eigenvalue weighted by Crippen LogP contribution is -2.47. The number of guanidine groups is 1. The van der Waals surface area contributed by atoms with Crippen LogP contribution in [0.25, 0.3) is 0 Å². The van der Waals surface area contributed by atoms with Gasteiger partial charge < -0.3 is 15.0 Å². The van der Waals surface area contributed by atoms with E-state index in [0.717, 1.165) is 49.2 Å². The standard InChI is InChI=1S/C18H26ClN3O2S/c1-3-24-17(23)14-8-11-22(12-9-14)18(20-2)21-10-13-25-16-6-4-15(19)5-7-16/h4-7,14H,3,8-13H2,1-2H3,(H,20,21). The van der Waals surface area contributed by atoms with Crippen molar-refractivity contribution in [2.45, 2.75) is 24.7 Å². The van der Waals surface area contributed by atoms with Gasteiger partial charge in [-0.25, -0.2) is 0 Å². The molecule has 0 saturated carbocycles. The second-order valence-corrected chi connectivity index (χ2v) is 7.39. The molecule has 0 amide bonds. The zero-order valence-corrected chi connectivity index (χ0v) is 16.4. The number of ether oxygens (including phenoxy) is 1. The van der Waals surface area contributed by atoms with Crippen molar-refractivity contribution in [3.63, 3.8) is 0 Å². The third-order valence-corrected chi connectivity index (χ3v) is 5.36. The van der Waals surface area contributed by atoms with Crippen molar-refractivity contribution in [1.82, 2.24) is 10.2 Å². The van der Waals surface area contributed by atoms with E-state index >= 15 is 0 Å². The maximum absolute atomic E-state index is 11.8. The summed E-state index contributed by atoms with van der Waals surface area (Å²) in [7, 11) is 1.80. The number of piperidine rings is 1. The Balaban J connectivity index is 1.70. The van der Waals surface area contributed by atoms with Crippen LogP contribution in [0.15, 0.2) is 34.2 Å². The molecule has 1 saturated heterocycles. The summed E-state index contributed by atoms with van der Waals surface area (Å²) in [6, 6.07) is 7.87. The van der Waals surface area contributed by atoms with Gasteiger partial charge in [-0.15, -0.1) is 11.8 Å². The van der Waals surface area contributed by atoms with Crippen LogP contribution in [0.3, 0.4) is 0 Å². The van der Waals surface area contributed by atoms with Crippen LogP contribution < -0.4 is 5.32 Å². The first kappa shape index (κ1) is 19.9. The Bertz CT molecular complexity index is 572. The van der Waals surface area contributed by atoms with E-state index in [-0.39, 0.29) is 11.9 Å². The van der Waals surface area contributed by atoms with E-state index in [2.05, 4.69) is 15.2 Å². The van der Waals surface area contributed by atoms with Crippen molar-refractivity contribution in [2.75, 3.05) is 39.0 Å². The van der Waals surface area contributed by atoms with Crippen LogP contribution in [0.1, 0.15) is 19.8 Å². The molecule has 0 aromatic heterocycles. The number of rotatable bonds is 6. The van der Waals surface area contributed by atoms with Crippen molar-refractivity contribution in [3.8, 4) is 0 Å². The molecule has 0 unspecified atom stereocenters. The second-order valence-electron chi connectivity index (χ2n) is 5.79. The van der Waals surface area contributed by atoms with Crippen LogP contribution in [0.4, 0.5) is 0 Å². The molecular weight excluding hydrogens is 358 g/mol. The maximum Gasteiger partial charge on any atom is 0.309 e. The molecule has 1 fully saturated rings. The van der Waals surface area contributed by atoms with Crippen LogP contribution in [0.2, 0.25) is 5.02 Å². The SMILES string of the molecule is CCOC(=O)C1CCN(C(=NC)NCCSc2ccc(Cl)cc2)CC1. The van der Waals surface area contributed by atoms with Crippen LogP contribution in [-0.4, -0.2) is 55.9 Å². The van der Waals surface area contributed by atoms with Crippen molar-refractivity contribution in [2.24, 2.45) is 10.9 Å². The lowest BCUT2D eigenvalue weighted by Gasteiger charge is -2.33. The number of esters is 1. The average molecular weight is 384 g/mol. The Labute approximate surface area is 159 Å². The number of nitrogens with zero attached hydrogens (tertiary/aromatic N) is 2. The molecule has 0 spiro atoms. The monoisotopic (exact) mass is 383 g/mol. The minimum atomic E-state index is -0.0653. The molecule has 0 radical (unpaired) electrons. The number of carbonyl (C=O) groups is 1. The molecule has 1 heterocycles. The highest BCUT2D eigenvalue weighted by Gasteiger charge is 2.27. The Morgan fingerprint density at radius 3 is 2.64 bits per heavy atom. The topological polar surface area (TPSA) is 53.9 Å². The van der Waals surface area contributed by atoms with Crippen LogP contribution in [0.5, 0.6) is 0 Å². The van der Waals surface area contributed by atoms with Gasteiger partial charge in [-0.3, -0.25) is 9.79 Å². The first-order valence-corrected chi connectivity index (χ1v) is 10.0. The lowest BCUT2D eigenvalue weighted by atomic mass is 9.97. The van der Waals surface area contributed by atoms with Gasteiger partial charge in [-0.2, -0.15) is 0 Å². The fourth-order valence-electron chi connectivity index (χ4n) is 2.78. The minimum absolute atomic E-state index is 0.0229. The summed E-state index contributed by atoms with van der Waals surface area (Å²) < 4.78 is 5.12. The number of hydrogen-bond donors (Lipinski definition) is 1. The van der Waals surface area contributed by atoms with E-state index in [0.29, 0.717) is 6.61 Å². The zero-order valence-electron chi connectivity index (χ0n) is 14.8.